The first-order valence-electron chi connectivity index (χ1n) is 9.26. The van der Waals surface area contributed by atoms with Crippen molar-refractivity contribution in [3.8, 4) is 0 Å². The minimum absolute atomic E-state index is 0.134. The number of hydrogen-bond acceptors (Lipinski definition) is 2. The first-order valence-corrected chi connectivity index (χ1v) is 9.26. The van der Waals surface area contributed by atoms with Crippen LogP contribution in [0.5, 0.6) is 0 Å². The van der Waals surface area contributed by atoms with Crippen molar-refractivity contribution in [2.75, 3.05) is 0 Å². The maximum absolute atomic E-state index is 11.7. The van der Waals surface area contributed by atoms with Gasteiger partial charge in [-0.1, -0.05) is 73.2 Å². The Labute approximate surface area is 151 Å². The number of nitrogens with one attached hydrogen (secondary N) is 1. The molecular formula is C23H29NO. The third kappa shape index (κ3) is 3.86. The van der Waals surface area contributed by atoms with Crippen LogP contribution in [0.15, 0.2) is 72.8 Å². The standard InChI is InChI=1S/C23H29NO/c1-4-20-22(19-13-9-6-10-14-19)24-21(18-11-7-5-8-12-18)16-23(20,25)15-17(2)3/h5-14,20-22,24-25H,2,4,15-16H2,1,3H3/t20-,21-,22+,23+/m1/s1. The van der Waals surface area contributed by atoms with Crippen molar-refractivity contribution in [3.05, 3.63) is 83.9 Å². The quantitative estimate of drug-likeness (QED) is 0.737. The molecule has 0 aliphatic carbocycles. The van der Waals surface area contributed by atoms with Crippen molar-refractivity contribution in [3.63, 3.8) is 0 Å². The predicted octanol–water partition coefficient (Wildman–Crippen LogP) is 5.19. The van der Waals surface area contributed by atoms with E-state index in [0.717, 1.165) is 12.0 Å². The number of rotatable bonds is 5. The van der Waals surface area contributed by atoms with Crippen molar-refractivity contribution in [1.82, 2.24) is 5.32 Å². The number of piperidine rings is 1. The summed E-state index contributed by atoms with van der Waals surface area (Å²) >= 11 is 0. The molecule has 0 amide bonds. The van der Waals surface area contributed by atoms with Crippen LogP contribution >= 0.6 is 0 Å². The van der Waals surface area contributed by atoms with Crippen molar-refractivity contribution in [2.24, 2.45) is 5.92 Å². The summed E-state index contributed by atoms with van der Waals surface area (Å²) in [5.41, 5.74) is 2.78. The molecule has 0 spiro atoms. The predicted molar refractivity (Wildman–Crippen MR) is 104 cm³/mol. The van der Waals surface area contributed by atoms with Gasteiger partial charge in [0.1, 0.15) is 0 Å². The molecular weight excluding hydrogens is 306 g/mol. The van der Waals surface area contributed by atoms with Gasteiger partial charge >= 0.3 is 0 Å². The highest BCUT2D eigenvalue weighted by atomic mass is 16.3. The second kappa shape index (κ2) is 7.55. The molecule has 3 rings (SSSR count). The molecule has 2 aromatic carbocycles. The van der Waals surface area contributed by atoms with Crippen molar-refractivity contribution < 1.29 is 5.11 Å². The van der Waals surface area contributed by atoms with Gasteiger partial charge in [0, 0.05) is 18.0 Å². The molecule has 2 heteroatoms. The number of benzene rings is 2. The zero-order valence-electron chi connectivity index (χ0n) is 15.3. The molecule has 1 heterocycles. The highest BCUT2D eigenvalue weighted by molar-refractivity contribution is 5.27. The molecule has 1 aliphatic rings. The van der Waals surface area contributed by atoms with Crippen LogP contribution < -0.4 is 5.32 Å². The van der Waals surface area contributed by atoms with Crippen LogP contribution in [0.2, 0.25) is 0 Å². The topological polar surface area (TPSA) is 32.3 Å². The first-order chi connectivity index (χ1) is 12.0. The van der Waals surface area contributed by atoms with E-state index in [2.05, 4.69) is 67.4 Å². The van der Waals surface area contributed by atoms with E-state index in [-0.39, 0.29) is 18.0 Å². The maximum atomic E-state index is 11.7. The third-order valence-electron chi connectivity index (χ3n) is 5.44. The summed E-state index contributed by atoms with van der Waals surface area (Å²) in [6.45, 7) is 8.27. The van der Waals surface area contributed by atoms with Gasteiger partial charge < -0.3 is 10.4 Å². The Balaban J connectivity index is 2.01. The normalized spacial score (nSPS) is 29.3. The molecule has 1 fully saturated rings. The highest BCUT2D eigenvalue weighted by Gasteiger charge is 2.47. The Morgan fingerprint density at radius 3 is 2.16 bits per heavy atom. The Morgan fingerprint density at radius 1 is 1.08 bits per heavy atom. The van der Waals surface area contributed by atoms with E-state index < -0.39 is 5.60 Å². The average molecular weight is 335 g/mol. The van der Waals surface area contributed by atoms with Gasteiger partial charge in [-0.2, -0.15) is 0 Å². The molecule has 2 aromatic rings. The third-order valence-corrected chi connectivity index (χ3v) is 5.44. The Kier molecular flexibility index (Phi) is 5.41. The van der Waals surface area contributed by atoms with Gasteiger partial charge in [0.15, 0.2) is 0 Å². The van der Waals surface area contributed by atoms with E-state index in [1.54, 1.807) is 0 Å². The minimum atomic E-state index is -0.743. The van der Waals surface area contributed by atoms with Gasteiger partial charge in [0.25, 0.3) is 0 Å². The zero-order valence-corrected chi connectivity index (χ0v) is 15.3. The van der Waals surface area contributed by atoms with Crippen LogP contribution in [0.25, 0.3) is 0 Å². The van der Waals surface area contributed by atoms with Crippen molar-refractivity contribution >= 4 is 0 Å². The van der Waals surface area contributed by atoms with E-state index in [1.807, 2.05) is 19.1 Å². The summed E-state index contributed by atoms with van der Waals surface area (Å²) in [5.74, 6) is 0.159. The molecule has 0 radical (unpaired) electrons. The molecule has 2 nitrogen and oxygen atoms in total. The molecule has 0 unspecified atom stereocenters. The lowest BCUT2D eigenvalue weighted by Gasteiger charge is -2.49. The number of aliphatic hydroxyl groups is 1. The second-order valence-electron chi connectivity index (χ2n) is 7.47. The molecule has 25 heavy (non-hydrogen) atoms. The lowest BCUT2D eigenvalue weighted by molar-refractivity contribution is -0.0759. The van der Waals surface area contributed by atoms with E-state index in [1.165, 1.54) is 11.1 Å². The first kappa shape index (κ1) is 17.9. The minimum Gasteiger partial charge on any atom is -0.389 e. The summed E-state index contributed by atoms with van der Waals surface area (Å²) < 4.78 is 0. The molecule has 0 saturated carbocycles. The van der Waals surface area contributed by atoms with Gasteiger partial charge in [0.05, 0.1) is 5.60 Å². The fourth-order valence-corrected chi connectivity index (χ4v) is 4.44. The maximum Gasteiger partial charge on any atom is 0.0748 e. The SMILES string of the molecule is C=C(C)C[C@]1(O)C[C@H](c2ccccc2)N[C@@H](c2ccccc2)[C@H]1CC. The highest BCUT2D eigenvalue weighted by Crippen LogP contribution is 2.47. The van der Waals surface area contributed by atoms with Crippen molar-refractivity contribution in [1.29, 1.82) is 0 Å². The summed E-state index contributed by atoms with van der Waals surface area (Å²) in [7, 11) is 0. The summed E-state index contributed by atoms with van der Waals surface area (Å²) in [6.07, 6.45) is 2.30. The molecule has 0 aromatic heterocycles. The van der Waals surface area contributed by atoms with Gasteiger partial charge in [-0.25, -0.2) is 0 Å². The Hall–Kier alpha value is -1.90. The van der Waals surface area contributed by atoms with E-state index in [4.69, 9.17) is 0 Å². The van der Waals surface area contributed by atoms with Gasteiger partial charge in [0.2, 0.25) is 0 Å². The molecule has 1 saturated heterocycles. The lowest BCUT2D eigenvalue weighted by Crippen LogP contribution is -2.53. The van der Waals surface area contributed by atoms with Crippen LogP contribution in [0.4, 0.5) is 0 Å². The molecule has 132 valence electrons. The Morgan fingerprint density at radius 2 is 1.64 bits per heavy atom. The van der Waals surface area contributed by atoms with Crippen molar-refractivity contribution in [2.45, 2.75) is 50.8 Å². The summed E-state index contributed by atoms with van der Waals surface area (Å²) in [6, 6.07) is 21.3. The van der Waals surface area contributed by atoms with Crippen LogP contribution in [0.3, 0.4) is 0 Å². The summed E-state index contributed by atoms with van der Waals surface area (Å²) in [4.78, 5) is 0. The van der Waals surface area contributed by atoms with Crippen LogP contribution in [0, 0.1) is 5.92 Å². The fourth-order valence-electron chi connectivity index (χ4n) is 4.44. The van der Waals surface area contributed by atoms with E-state index >= 15 is 0 Å². The summed E-state index contributed by atoms with van der Waals surface area (Å²) in [5, 5.41) is 15.5. The largest absolute Gasteiger partial charge is 0.389 e. The van der Waals surface area contributed by atoms with Gasteiger partial charge in [-0.3, -0.25) is 0 Å². The number of hydrogen-bond donors (Lipinski definition) is 2. The molecule has 1 aliphatic heterocycles. The van der Waals surface area contributed by atoms with Gasteiger partial charge in [-0.15, -0.1) is 6.58 Å². The fraction of sp³-hybridized carbons (Fsp3) is 0.391. The molecule has 4 atom stereocenters. The van der Waals surface area contributed by atoms with Crippen LogP contribution in [-0.4, -0.2) is 10.7 Å². The van der Waals surface area contributed by atoms with E-state index in [9.17, 15) is 5.11 Å². The average Bonchev–Trinajstić information content (AvgIpc) is 2.61. The molecule has 2 N–H and O–H groups in total. The smallest absolute Gasteiger partial charge is 0.0748 e. The van der Waals surface area contributed by atoms with Crippen LogP contribution in [-0.2, 0) is 0 Å². The zero-order chi connectivity index (χ0) is 17.9. The Bertz CT molecular complexity index is 697. The van der Waals surface area contributed by atoms with E-state index in [0.29, 0.717) is 12.8 Å². The monoisotopic (exact) mass is 335 g/mol. The molecule has 0 bridgehead atoms. The van der Waals surface area contributed by atoms with Gasteiger partial charge in [-0.05, 0) is 37.3 Å². The lowest BCUT2D eigenvalue weighted by atomic mass is 9.67. The second-order valence-corrected chi connectivity index (χ2v) is 7.47. The van der Waals surface area contributed by atoms with Crippen LogP contribution in [0.1, 0.15) is 56.3 Å².